The Balaban J connectivity index is 1.71. The first kappa shape index (κ1) is 18.0. The Labute approximate surface area is 139 Å². The number of likely N-dealkylation sites (tertiary alicyclic amines) is 1. The second kappa shape index (κ2) is 7.02. The van der Waals surface area contributed by atoms with Crippen molar-refractivity contribution in [3.8, 4) is 0 Å². The molecule has 21 heavy (non-hydrogen) atoms. The maximum Gasteiger partial charge on any atom is 0.00846 e. The fourth-order valence-electron chi connectivity index (χ4n) is 3.89. The molecular formula is C17H36N2S2. The molecule has 0 N–H and O–H groups in total. The lowest BCUT2D eigenvalue weighted by Gasteiger charge is -2.45. The standard InChI is InChI=1S/C17H36N2S2/c1-17(2,3)16-8-10-18(11-9-16)14-15-6-12-19(13-7-15)21(4,5)20/h15-16,20H,6-14H2,1-5H3. The highest BCUT2D eigenvalue weighted by molar-refractivity contribution is 8.86. The molecule has 0 saturated carbocycles. The van der Waals surface area contributed by atoms with Gasteiger partial charge < -0.3 is 4.90 Å². The number of piperidine rings is 2. The number of thiol groups is 1. The first-order valence-electron chi connectivity index (χ1n) is 8.59. The Hall–Kier alpha value is 0.620. The van der Waals surface area contributed by atoms with Crippen molar-refractivity contribution in [1.82, 2.24) is 9.21 Å². The zero-order chi connectivity index (χ0) is 15.7. The summed E-state index contributed by atoms with van der Waals surface area (Å²) in [6.45, 7) is 13.7. The molecule has 0 unspecified atom stereocenters. The summed E-state index contributed by atoms with van der Waals surface area (Å²) >= 11 is 4.79. The van der Waals surface area contributed by atoms with Crippen molar-refractivity contribution in [1.29, 1.82) is 0 Å². The predicted molar refractivity (Wildman–Crippen MR) is 101 cm³/mol. The van der Waals surface area contributed by atoms with E-state index in [9.17, 15) is 0 Å². The molecule has 0 aromatic rings. The first-order valence-corrected chi connectivity index (χ1v) is 12.1. The summed E-state index contributed by atoms with van der Waals surface area (Å²) in [6.07, 6.45) is 10.1. The van der Waals surface area contributed by atoms with Gasteiger partial charge in [-0.05, 0) is 68.5 Å². The lowest BCUT2D eigenvalue weighted by atomic mass is 9.75. The first-order chi connectivity index (χ1) is 9.66. The van der Waals surface area contributed by atoms with Crippen LogP contribution in [0.1, 0.15) is 46.5 Å². The van der Waals surface area contributed by atoms with Gasteiger partial charge in [0, 0.05) is 19.6 Å². The minimum Gasteiger partial charge on any atom is -0.303 e. The van der Waals surface area contributed by atoms with E-state index >= 15 is 0 Å². The summed E-state index contributed by atoms with van der Waals surface area (Å²) < 4.78 is 2.61. The van der Waals surface area contributed by atoms with Gasteiger partial charge in [-0.2, -0.15) is 0 Å². The van der Waals surface area contributed by atoms with Gasteiger partial charge >= 0.3 is 0 Å². The molecule has 0 spiro atoms. The predicted octanol–water partition coefficient (Wildman–Crippen LogP) is 4.28. The highest BCUT2D eigenvalue weighted by atomic mass is 33.1. The van der Waals surface area contributed by atoms with Crippen LogP contribution in [0.5, 0.6) is 0 Å². The third kappa shape index (κ3) is 5.33. The van der Waals surface area contributed by atoms with E-state index < -0.39 is 9.25 Å². The summed E-state index contributed by atoms with van der Waals surface area (Å²) in [7, 11) is -0.792. The van der Waals surface area contributed by atoms with E-state index in [1.54, 1.807) is 0 Å². The Kier molecular flexibility index (Phi) is 6.01. The molecule has 2 fully saturated rings. The van der Waals surface area contributed by atoms with E-state index in [2.05, 4.69) is 42.5 Å². The van der Waals surface area contributed by atoms with Gasteiger partial charge in [-0.25, -0.2) is 0 Å². The smallest absolute Gasteiger partial charge is 0.00846 e. The molecule has 0 aromatic heterocycles. The minimum absolute atomic E-state index is 0.498. The van der Waals surface area contributed by atoms with Gasteiger partial charge in [-0.15, -0.1) is 20.9 Å². The van der Waals surface area contributed by atoms with Crippen LogP contribution in [-0.4, -0.2) is 54.4 Å². The van der Waals surface area contributed by atoms with Gasteiger partial charge in [0.15, 0.2) is 0 Å². The van der Waals surface area contributed by atoms with Crippen LogP contribution in [0, 0.1) is 17.3 Å². The summed E-state index contributed by atoms with van der Waals surface area (Å²) in [5, 5.41) is 0. The third-order valence-electron chi connectivity index (χ3n) is 5.53. The van der Waals surface area contributed by atoms with E-state index in [1.807, 2.05) is 0 Å². The highest BCUT2D eigenvalue weighted by Gasteiger charge is 2.31. The zero-order valence-electron chi connectivity index (χ0n) is 14.8. The van der Waals surface area contributed by atoms with Gasteiger partial charge in [0.25, 0.3) is 0 Å². The second-order valence-corrected chi connectivity index (χ2v) is 14.2. The van der Waals surface area contributed by atoms with Crippen LogP contribution in [-0.2, 0) is 0 Å². The third-order valence-corrected chi connectivity index (χ3v) is 7.86. The van der Waals surface area contributed by atoms with Crippen LogP contribution in [0.4, 0.5) is 0 Å². The molecule has 4 heteroatoms. The Bertz CT molecular complexity index is 285. The Morgan fingerprint density at radius 2 is 1.48 bits per heavy atom. The average molecular weight is 333 g/mol. The highest BCUT2D eigenvalue weighted by Crippen LogP contribution is 2.50. The van der Waals surface area contributed by atoms with Crippen molar-refractivity contribution in [2.24, 2.45) is 17.3 Å². The quantitative estimate of drug-likeness (QED) is 0.609. The maximum atomic E-state index is 4.79. The number of hydrogen-bond acceptors (Lipinski definition) is 3. The summed E-state index contributed by atoms with van der Waals surface area (Å²) in [5.41, 5.74) is 0.498. The van der Waals surface area contributed by atoms with Crippen molar-refractivity contribution < 1.29 is 0 Å². The lowest BCUT2D eigenvalue weighted by Crippen LogP contribution is -2.43. The number of hydrogen-bond donors (Lipinski definition) is 1. The molecule has 2 heterocycles. The van der Waals surface area contributed by atoms with Crippen LogP contribution in [0.15, 0.2) is 0 Å². The van der Waals surface area contributed by atoms with Crippen LogP contribution in [0.3, 0.4) is 0 Å². The largest absolute Gasteiger partial charge is 0.303 e. The molecule has 0 aromatic carbocycles. The van der Waals surface area contributed by atoms with E-state index in [4.69, 9.17) is 11.7 Å². The van der Waals surface area contributed by atoms with E-state index in [0.29, 0.717) is 5.41 Å². The van der Waals surface area contributed by atoms with Gasteiger partial charge in [-0.3, -0.25) is 4.31 Å². The van der Waals surface area contributed by atoms with Gasteiger partial charge in [0.1, 0.15) is 0 Å². The maximum absolute atomic E-state index is 4.79. The molecule has 2 aliphatic heterocycles. The molecule has 0 atom stereocenters. The van der Waals surface area contributed by atoms with Crippen molar-refractivity contribution in [2.75, 3.05) is 45.2 Å². The second-order valence-electron chi connectivity index (χ2n) is 8.53. The molecule has 2 nitrogen and oxygen atoms in total. The molecule has 0 bridgehead atoms. The molecule has 0 aliphatic carbocycles. The van der Waals surface area contributed by atoms with Gasteiger partial charge in [0.2, 0.25) is 0 Å². The number of nitrogens with zero attached hydrogens (tertiary/aromatic N) is 2. The van der Waals surface area contributed by atoms with Crippen LogP contribution < -0.4 is 0 Å². The number of rotatable bonds is 3. The SMILES string of the molecule is CC(C)(C)C1CCN(CC2CCN(S(C)(C)S)CC2)CC1. The molecule has 2 saturated heterocycles. The normalized spacial score (nSPS) is 26.2. The van der Waals surface area contributed by atoms with Crippen molar-refractivity contribution >= 4 is 20.9 Å². The van der Waals surface area contributed by atoms with E-state index in [1.165, 1.54) is 58.4 Å². The lowest BCUT2D eigenvalue weighted by molar-refractivity contribution is 0.0926. The molecule has 126 valence electrons. The minimum atomic E-state index is -0.792. The molecule has 2 rings (SSSR count). The Morgan fingerprint density at radius 3 is 1.90 bits per heavy atom. The summed E-state index contributed by atoms with van der Waals surface area (Å²) in [6, 6.07) is 0. The average Bonchev–Trinajstić information content (AvgIpc) is 2.38. The summed E-state index contributed by atoms with van der Waals surface area (Å²) in [5.74, 6) is 1.84. The fraction of sp³-hybridized carbons (Fsp3) is 1.00. The van der Waals surface area contributed by atoms with E-state index in [0.717, 1.165) is 11.8 Å². The van der Waals surface area contributed by atoms with Gasteiger partial charge in [-0.1, -0.05) is 20.8 Å². The van der Waals surface area contributed by atoms with E-state index in [-0.39, 0.29) is 0 Å². The molecule has 2 aliphatic rings. The fourth-order valence-corrected chi connectivity index (χ4v) is 5.48. The monoisotopic (exact) mass is 332 g/mol. The molecule has 0 amide bonds. The molecular weight excluding hydrogens is 296 g/mol. The molecule has 0 radical (unpaired) electrons. The van der Waals surface area contributed by atoms with Crippen molar-refractivity contribution in [3.63, 3.8) is 0 Å². The topological polar surface area (TPSA) is 6.48 Å². The summed E-state index contributed by atoms with van der Waals surface area (Å²) in [4.78, 5) is 2.74. The Morgan fingerprint density at radius 1 is 0.952 bits per heavy atom. The van der Waals surface area contributed by atoms with Crippen LogP contribution in [0.25, 0.3) is 0 Å². The van der Waals surface area contributed by atoms with Crippen LogP contribution in [0.2, 0.25) is 0 Å². The van der Waals surface area contributed by atoms with Gasteiger partial charge in [0.05, 0.1) is 0 Å². The van der Waals surface area contributed by atoms with Crippen LogP contribution >= 0.6 is 20.9 Å². The van der Waals surface area contributed by atoms with Crippen molar-refractivity contribution in [2.45, 2.75) is 46.5 Å². The zero-order valence-corrected chi connectivity index (χ0v) is 16.5. The van der Waals surface area contributed by atoms with Crippen molar-refractivity contribution in [3.05, 3.63) is 0 Å².